The Morgan fingerprint density at radius 3 is 2.58 bits per heavy atom. The molecule has 5 nitrogen and oxygen atoms in total. The Morgan fingerprint density at radius 1 is 1.04 bits per heavy atom. The molecule has 4 aromatic rings. The van der Waals surface area contributed by atoms with Gasteiger partial charge in [-0.15, -0.1) is 0 Å². The Kier molecular flexibility index (Phi) is 4.16. The van der Waals surface area contributed by atoms with Crippen LogP contribution in [0.15, 0.2) is 54.7 Å². The fourth-order valence-corrected chi connectivity index (χ4v) is 2.91. The SMILES string of the molecule is CN(C)c1ccc2c(c1)nc1nc(-c3ccc(OCCF)cc3)ccn12. The number of hydrogen-bond donors (Lipinski definition) is 0. The van der Waals surface area contributed by atoms with E-state index in [-0.39, 0.29) is 6.61 Å². The number of benzene rings is 2. The summed E-state index contributed by atoms with van der Waals surface area (Å²) in [5.74, 6) is 1.31. The summed E-state index contributed by atoms with van der Waals surface area (Å²) in [6, 6.07) is 15.6. The number of halogens is 1. The van der Waals surface area contributed by atoms with Crippen LogP contribution in [0.5, 0.6) is 5.75 Å². The van der Waals surface area contributed by atoms with Gasteiger partial charge in [0.05, 0.1) is 16.7 Å². The maximum atomic E-state index is 12.2. The number of rotatable bonds is 5. The summed E-state index contributed by atoms with van der Waals surface area (Å²) in [5, 5.41) is 0. The van der Waals surface area contributed by atoms with Crippen LogP contribution in [-0.4, -0.2) is 41.7 Å². The van der Waals surface area contributed by atoms with Crippen molar-refractivity contribution in [1.82, 2.24) is 14.4 Å². The maximum absolute atomic E-state index is 12.2. The molecule has 0 amide bonds. The Balaban J connectivity index is 1.71. The van der Waals surface area contributed by atoms with Crippen molar-refractivity contribution in [2.45, 2.75) is 0 Å². The van der Waals surface area contributed by atoms with Crippen LogP contribution in [0.2, 0.25) is 0 Å². The van der Waals surface area contributed by atoms with Crippen molar-refractivity contribution in [1.29, 1.82) is 0 Å². The molecule has 2 aromatic carbocycles. The van der Waals surface area contributed by atoms with E-state index in [1.54, 1.807) is 0 Å². The third-order valence-electron chi connectivity index (χ3n) is 4.27. The van der Waals surface area contributed by atoms with Crippen LogP contribution < -0.4 is 9.64 Å². The highest BCUT2D eigenvalue weighted by Gasteiger charge is 2.09. The molecule has 0 radical (unpaired) electrons. The van der Waals surface area contributed by atoms with E-state index in [2.05, 4.69) is 33.1 Å². The molecule has 0 N–H and O–H groups in total. The van der Waals surface area contributed by atoms with Gasteiger partial charge in [-0.05, 0) is 48.5 Å². The Hall–Kier alpha value is -3.15. The average molecular weight is 350 g/mol. The van der Waals surface area contributed by atoms with Gasteiger partial charge in [0.2, 0.25) is 5.78 Å². The van der Waals surface area contributed by atoms with Crippen molar-refractivity contribution in [3.63, 3.8) is 0 Å². The summed E-state index contributed by atoms with van der Waals surface area (Å²) >= 11 is 0. The normalized spacial score (nSPS) is 11.2. The Morgan fingerprint density at radius 2 is 1.85 bits per heavy atom. The molecule has 0 spiro atoms. The number of anilines is 1. The van der Waals surface area contributed by atoms with Crippen LogP contribution in [0.3, 0.4) is 0 Å². The lowest BCUT2D eigenvalue weighted by Crippen LogP contribution is -2.07. The molecule has 0 fully saturated rings. The molecule has 2 heterocycles. The van der Waals surface area contributed by atoms with Crippen molar-refractivity contribution >= 4 is 22.5 Å². The molecule has 0 saturated heterocycles. The van der Waals surface area contributed by atoms with Crippen molar-refractivity contribution in [2.24, 2.45) is 0 Å². The number of aromatic nitrogens is 3. The predicted molar refractivity (Wildman–Crippen MR) is 102 cm³/mol. The second-order valence-corrected chi connectivity index (χ2v) is 6.22. The molecular weight excluding hydrogens is 331 g/mol. The summed E-state index contributed by atoms with van der Waals surface area (Å²) in [6.07, 6.45) is 1.98. The predicted octanol–water partition coefficient (Wildman–Crippen LogP) is 3.96. The number of alkyl halides is 1. The highest BCUT2D eigenvalue weighted by Crippen LogP contribution is 2.25. The van der Waals surface area contributed by atoms with E-state index in [0.717, 1.165) is 28.0 Å². The molecule has 0 aliphatic carbocycles. The smallest absolute Gasteiger partial charge is 0.235 e. The zero-order chi connectivity index (χ0) is 18.1. The van der Waals surface area contributed by atoms with E-state index in [1.807, 2.05) is 55.0 Å². The van der Waals surface area contributed by atoms with Crippen molar-refractivity contribution in [2.75, 3.05) is 32.3 Å². The summed E-state index contributed by atoms with van der Waals surface area (Å²) in [5.41, 5.74) is 4.83. The number of nitrogens with zero attached hydrogens (tertiary/aromatic N) is 4. The summed E-state index contributed by atoms with van der Waals surface area (Å²) in [6.45, 7) is -0.428. The molecule has 0 aliphatic heterocycles. The third kappa shape index (κ3) is 2.94. The topological polar surface area (TPSA) is 42.7 Å². The van der Waals surface area contributed by atoms with Crippen molar-refractivity contribution < 1.29 is 9.13 Å². The molecule has 0 saturated carbocycles. The van der Waals surface area contributed by atoms with E-state index in [9.17, 15) is 4.39 Å². The fraction of sp³-hybridized carbons (Fsp3) is 0.200. The van der Waals surface area contributed by atoms with Crippen LogP contribution in [0.25, 0.3) is 28.1 Å². The van der Waals surface area contributed by atoms with Gasteiger partial charge < -0.3 is 9.64 Å². The largest absolute Gasteiger partial charge is 0.491 e. The van der Waals surface area contributed by atoms with Crippen LogP contribution in [0.1, 0.15) is 0 Å². The van der Waals surface area contributed by atoms with E-state index >= 15 is 0 Å². The molecular formula is C20H19FN4O. The van der Waals surface area contributed by atoms with E-state index < -0.39 is 6.67 Å². The van der Waals surface area contributed by atoms with Gasteiger partial charge in [-0.1, -0.05) is 0 Å². The average Bonchev–Trinajstić information content (AvgIpc) is 3.03. The lowest BCUT2D eigenvalue weighted by Gasteiger charge is -2.11. The molecule has 26 heavy (non-hydrogen) atoms. The zero-order valence-corrected chi connectivity index (χ0v) is 14.7. The second-order valence-electron chi connectivity index (χ2n) is 6.22. The van der Waals surface area contributed by atoms with Gasteiger partial charge in [0.15, 0.2) is 0 Å². The number of imidazole rings is 1. The molecule has 132 valence electrons. The van der Waals surface area contributed by atoms with Gasteiger partial charge in [-0.25, -0.2) is 14.4 Å². The first-order chi connectivity index (χ1) is 12.7. The quantitative estimate of drug-likeness (QED) is 0.546. The Labute approximate surface area is 150 Å². The number of hydrogen-bond acceptors (Lipinski definition) is 4. The first kappa shape index (κ1) is 16.3. The highest BCUT2D eigenvalue weighted by molar-refractivity contribution is 5.83. The Bertz CT molecular complexity index is 1060. The van der Waals surface area contributed by atoms with E-state index in [4.69, 9.17) is 4.74 Å². The lowest BCUT2D eigenvalue weighted by molar-refractivity contribution is 0.273. The van der Waals surface area contributed by atoms with Crippen molar-refractivity contribution in [3.8, 4) is 17.0 Å². The molecule has 4 rings (SSSR count). The molecule has 0 aliphatic rings. The lowest BCUT2D eigenvalue weighted by atomic mass is 10.1. The van der Waals surface area contributed by atoms with E-state index in [0.29, 0.717) is 11.5 Å². The monoisotopic (exact) mass is 350 g/mol. The summed E-state index contributed by atoms with van der Waals surface area (Å²) in [7, 11) is 4.02. The van der Waals surface area contributed by atoms with Gasteiger partial charge in [0.1, 0.15) is 19.0 Å². The first-order valence-electron chi connectivity index (χ1n) is 8.41. The van der Waals surface area contributed by atoms with Gasteiger partial charge in [0.25, 0.3) is 0 Å². The summed E-state index contributed by atoms with van der Waals surface area (Å²) < 4.78 is 19.4. The second kappa shape index (κ2) is 6.63. The molecule has 6 heteroatoms. The molecule has 0 unspecified atom stereocenters. The minimum atomic E-state index is -0.497. The number of ether oxygens (including phenoxy) is 1. The molecule has 0 bridgehead atoms. The highest BCUT2D eigenvalue weighted by atomic mass is 19.1. The minimum Gasteiger partial charge on any atom is -0.491 e. The molecule has 0 atom stereocenters. The fourth-order valence-electron chi connectivity index (χ4n) is 2.91. The number of fused-ring (bicyclic) bond motifs is 3. The van der Waals surface area contributed by atoms with E-state index in [1.165, 1.54) is 0 Å². The van der Waals surface area contributed by atoms with Crippen LogP contribution in [0.4, 0.5) is 10.1 Å². The van der Waals surface area contributed by atoms with Gasteiger partial charge in [-0.2, -0.15) is 0 Å². The van der Waals surface area contributed by atoms with Crippen LogP contribution >= 0.6 is 0 Å². The van der Waals surface area contributed by atoms with Crippen LogP contribution in [-0.2, 0) is 0 Å². The maximum Gasteiger partial charge on any atom is 0.235 e. The zero-order valence-electron chi connectivity index (χ0n) is 14.7. The minimum absolute atomic E-state index is 0.0686. The van der Waals surface area contributed by atoms with Gasteiger partial charge >= 0.3 is 0 Å². The van der Waals surface area contributed by atoms with Crippen LogP contribution in [0, 0.1) is 0 Å². The van der Waals surface area contributed by atoms with Crippen molar-refractivity contribution in [3.05, 3.63) is 54.7 Å². The third-order valence-corrected chi connectivity index (χ3v) is 4.27. The van der Waals surface area contributed by atoms with Gasteiger partial charge in [0, 0.05) is 31.5 Å². The first-order valence-corrected chi connectivity index (χ1v) is 8.41. The standard InChI is InChI=1S/C20H19FN4O/c1-24(2)15-5-8-19-18(13-15)23-20-22-17(9-11-25(19)20)14-3-6-16(7-4-14)26-12-10-21/h3-9,11,13H,10,12H2,1-2H3. The van der Waals surface area contributed by atoms with Gasteiger partial charge in [-0.3, -0.25) is 4.40 Å². The summed E-state index contributed by atoms with van der Waals surface area (Å²) in [4.78, 5) is 11.4. The molecule has 2 aromatic heterocycles.